The molecule has 0 unspecified atom stereocenters. The summed E-state index contributed by atoms with van der Waals surface area (Å²) >= 11 is 0. The molecule has 1 aromatic heterocycles. The molecule has 0 aliphatic carbocycles. The summed E-state index contributed by atoms with van der Waals surface area (Å²) in [6.45, 7) is 1.87. The van der Waals surface area contributed by atoms with Crippen molar-refractivity contribution in [1.82, 2.24) is 10.3 Å². The second-order valence-corrected chi connectivity index (χ2v) is 5.28. The standard InChI is InChI=1S/C16H16F2N2O/c17-14-7-11(8-15(18)16(14)21)13-9-20-6-3-12(13)10-1-4-19-5-2-10/h3,6-10,19,21H,1-2,4-5H2. The van der Waals surface area contributed by atoms with Crippen LogP contribution in [0.1, 0.15) is 24.3 Å². The number of hydrogen-bond donors (Lipinski definition) is 2. The summed E-state index contributed by atoms with van der Waals surface area (Å²) in [7, 11) is 0. The Morgan fingerprint density at radius 3 is 2.48 bits per heavy atom. The van der Waals surface area contributed by atoms with Crippen LogP contribution in [-0.2, 0) is 0 Å². The lowest BCUT2D eigenvalue weighted by molar-refractivity contribution is 0.396. The number of benzene rings is 1. The van der Waals surface area contributed by atoms with Gasteiger partial charge < -0.3 is 10.4 Å². The predicted octanol–water partition coefficient (Wildman–Crippen LogP) is 3.20. The second-order valence-electron chi connectivity index (χ2n) is 5.28. The third kappa shape index (κ3) is 2.74. The van der Waals surface area contributed by atoms with Gasteiger partial charge in [0.05, 0.1) is 0 Å². The zero-order chi connectivity index (χ0) is 14.8. The van der Waals surface area contributed by atoms with Crippen LogP contribution in [0.15, 0.2) is 30.6 Å². The Hall–Kier alpha value is -2.01. The van der Waals surface area contributed by atoms with Gasteiger partial charge in [-0.2, -0.15) is 0 Å². The average molecular weight is 290 g/mol. The second kappa shape index (κ2) is 5.77. The molecule has 2 N–H and O–H groups in total. The van der Waals surface area contributed by atoms with Crippen LogP contribution in [0.5, 0.6) is 5.75 Å². The Morgan fingerprint density at radius 1 is 1.14 bits per heavy atom. The molecule has 1 aromatic carbocycles. The summed E-state index contributed by atoms with van der Waals surface area (Å²) in [6.07, 6.45) is 5.30. The van der Waals surface area contributed by atoms with Gasteiger partial charge in [-0.05, 0) is 61.2 Å². The molecular formula is C16H16F2N2O. The highest BCUT2D eigenvalue weighted by molar-refractivity contribution is 5.68. The third-order valence-electron chi connectivity index (χ3n) is 3.96. The number of aromatic nitrogens is 1. The fourth-order valence-corrected chi connectivity index (χ4v) is 2.86. The fraction of sp³-hybridized carbons (Fsp3) is 0.312. The van der Waals surface area contributed by atoms with Crippen LogP contribution in [0.25, 0.3) is 11.1 Å². The van der Waals surface area contributed by atoms with Crippen molar-refractivity contribution in [1.29, 1.82) is 0 Å². The van der Waals surface area contributed by atoms with Crippen LogP contribution < -0.4 is 5.32 Å². The number of halogens is 2. The number of phenolic OH excluding ortho intramolecular Hbond substituents is 1. The molecule has 0 saturated carbocycles. The van der Waals surface area contributed by atoms with Gasteiger partial charge in [-0.1, -0.05) is 0 Å². The maximum absolute atomic E-state index is 13.6. The van der Waals surface area contributed by atoms with E-state index >= 15 is 0 Å². The number of pyridine rings is 1. The highest BCUT2D eigenvalue weighted by atomic mass is 19.1. The van der Waals surface area contributed by atoms with Crippen molar-refractivity contribution < 1.29 is 13.9 Å². The Labute approximate surface area is 121 Å². The average Bonchev–Trinajstić information content (AvgIpc) is 2.53. The lowest BCUT2D eigenvalue weighted by atomic mass is 9.86. The molecule has 0 atom stereocenters. The third-order valence-corrected chi connectivity index (χ3v) is 3.96. The van der Waals surface area contributed by atoms with Crippen LogP contribution in [0.2, 0.25) is 0 Å². The Morgan fingerprint density at radius 2 is 1.81 bits per heavy atom. The number of aromatic hydroxyl groups is 1. The van der Waals surface area contributed by atoms with Gasteiger partial charge >= 0.3 is 0 Å². The highest BCUT2D eigenvalue weighted by Gasteiger charge is 2.20. The van der Waals surface area contributed by atoms with Crippen LogP contribution in [0, 0.1) is 11.6 Å². The maximum Gasteiger partial charge on any atom is 0.187 e. The zero-order valence-corrected chi connectivity index (χ0v) is 11.4. The number of nitrogens with one attached hydrogen (secondary N) is 1. The van der Waals surface area contributed by atoms with Gasteiger partial charge in [0, 0.05) is 18.0 Å². The summed E-state index contributed by atoms with van der Waals surface area (Å²) in [6, 6.07) is 4.22. The first-order valence-electron chi connectivity index (χ1n) is 7.00. The summed E-state index contributed by atoms with van der Waals surface area (Å²) in [5.41, 5.74) is 2.18. The van der Waals surface area contributed by atoms with Crippen LogP contribution in [0.4, 0.5) is 8.78 Å². The molecule has 110 valence electrons. The summed E-state index contributed by atoms with van der Waals surface area (Å²) in [5, 5.41) is 12.5. The molecule has 2 heterocycles. The molecule has 0 spiro atoms. The molecule has 1 saturated heterocycles. The first-order chi connectivity index (χ1) is 10.2. The molecule has 1 fully saturated rings. The van der Waals surface area contributed by atoms with E-state index in [0.717, 1.165) is 49.2 Å². The molecule has 3 nitrogen and oxygen atoms in total. The van der Waals surface area contributed by atoms with Gasteiger partial charge in [0.15, 0.2) is 17.4 Å². The fourth-order valence-electron chi connectivity index (χ4n) is 2.86. The number of rotatable bonds is 2. The van der Waals surface area contributed by atoms with E-state index in [1.807, 2.05) is 6.07 Å². The highest BCUT2D eigenvalue weighted by Crippen LogP contribution is 2.35. The quantitative estimate of drug-likeness (QED) is 0.892. The van der Waals surface area contributed by atoms with E-state index in [1.165, 1.54) is 0 Å². The lowest BCUT2D eigenvalue weighted by Crippen LogP contribution is -2.26. The number of nitrogens with zero attached hydrogens (tertiary/aromatic N) is 1. The van der Waals surface area contributed by atoms with Crippen molar-refractivity contribution in [3.05, 3.63) is 47.8 Å². The number of hydrogen-bond acceptors (Lipinski definition) is 3. The molecule has 21 heavy (non-hydrogen) atoms. The molecule has 2 aromatic rings. The van der Waals surface area contributed by atoms with Crippen molar-refractivity contribution >= 4 is 0 Å². The van der Waals surface area contributed by atoms with Gasteiger partial charge in [-0.15, -0.1) is 0 Å². The minimum absolute atomic E-state index is 0.351. The molecule has 5 heteroatoms. The van der Waals surface area contributed by atoms with Crippen LogP contribution in [-0.4, -0.2) is 23.2 Å². The first-order valence-corrected chi connectivity index (χ1v) is 7.00. The van der Waals surface area contributed by atoms with Crippen molar-refractivity contribution in [2.24, 2.45) is 0 Å². The van der Waals surface area contributed by atoms with Crippen molar-refractivity contribution in [3.8, 4) is 16.9 Å². The largest absolute Gasteiger partial charge is 0.503 e. The molecule has 0 radical (unpaired) electrons. The monoisotopic (exact) mass is 290 g/mol. The topological polar surface area (TPSA) is 45.2 Å². The van der Waals surface area contributed by atoms with Gasteiger partial charge in [0.2, 0.25) is 0 Å². The van der Waals surface area contributed by atoms with E-state index in [9.17, 15) is 13.9 Å². The SMILES string of the molecule is Oc1c(F)cc(-c2cnccc2C2CCNCC2)cc1F. The number of phenols is 1. The lowest BCUT2D eigenvalue weighted by Gasteiger charge is -2.25. The molecule has 0 bridgehead atoms. The van der Waals surface area contributed by atoms with E-state index in [1.54, 1.807) is 12.4 Å². The normalized spacial score (nSPS) is 16.1. The molecular weight excluding hydrogens is 274 g/mol. The smallest absolute Gasteiger partial charge is 0.187 e. The Kier molecular flexibility index (Phi) is 3.84. The molecule has 1 aliphatic heterocycles. The van der Waals surface area contributed by atoms with E-state index in [0.29, 0.717) is 11.5 Å². The zero-order valence-electron chi connectivity index (χ0n) is 11.4. The molecule has 0 amide bonds. The van der Waals surface area contributed by atoms with Crippen molar-refractivity contribution in [2.75, 3.05) is 13.1 Å². The van der Waals surface area contributed by atoms with E-state index < -0.39 is 17.4 Å². The minimum Gasteiger partial charge on any atom is -0.503 e. The van der Waals surface area contributed by atoms with E-state index in [2.05, 4.69) is 10.3 Å². The Bertz CT molecular complexity index is 631. The first kappa shape index (κ1) is 13.9. The Balaban J connectivity index is 2.06. The van der Waals surface area contributed by atoms with Gasteiger partial charge in [0.1, 0.15) is 0 Å². The molecule has 1 aliphatic rings. The predicted molar refractivity (Wildman–Crippen MR) is 76.1 cm³/mol. The van der Waals surface area contributed by atoms with Gasteiger partial charge in [0.25, 0.3) is 0 Å². The summed E-state index contributed by atoms with van der Waals surface area (Å²) < 4.78 is 27.2. The summed E-state index contributed by atoms with van der Waals surface area (Å²) in [4.78, 5) is 4.08. The van der Waals surface area contributed by atoms with E-state index in [4.69, 9.17) is 0 Å². The van der Waals surface area contributed by atoms with Crippen molar-refractivity contribution in [2.45, 2.75) is 18.8 Å². The minimum atomic E-state index is -0.954. The number of piperidine rings is 1. The van der Waals surface area contributed by atoms with Crippen molar-refractivity contribution in [3.63, 3.8) is 0 Å². The maximum atomic E-state index is 13.6. The van der Waals surface area contributed by atoms with Crippen LogP contribution in [0.3, 0.4) is 0 Å². The van der Waals surface area contributed by atoms with E-state index in [-0.39, 0.29) is 0 Å². The van der Waals surface area contributed by atoms with Gasteiger partial charge in [-0.25, -0.2) is 8.78 Å². The summed E-state index contributed by atoms with van der Waals surface area (Å²) in [5.74, 6) is -2.49. The molecule has 3 rings (SSSR count). The van der Waals surface area contributed by atoms with Crippen LogP contribution >= 0.6 is 0 Å². The van der Waals surface area contributed by atoms with Gasteiger partial charge in [-0.3, -0.25) is 4.98 Å².